The lowest BCUT2D eigenvalue weighted by Crippen LogP contribution is -2.44. The van der Waals surface area contributed by atoms with Crippen molar-refractivity contribution in [1.29, 1.82) is 0 Å². The number of aromatic nitrogens is 1. The van der Waals surface area contributed by atoms with Crippen molar-refractivity contribution in [2.45, 2.75) is 0 Å². The summed E-state index contributed by atoms with van der Waals surface area (Å²) in [5, 5.41) is 11.4. The van der Waals surface area contributed by atoms with E-state index in [0.29, 0.717) is 16.2 Å². The van der Waals surface area contributed by atoms with E-state index in [-0.39, 0.29) is 10.1 Å². The van der Waals surface area contributed by atoms with Gasteiger partial charge in [-0.2, -0.15) is 5.01 Å². The Morgan fingerprint density at radius 2 is 1.86 bits per heavy atom. The number of phenolic OH excluding ortho intramolecular Hbond substituents is 1. The zero-order valence-corrected chi connectivity index (χ0v) is 16.0. The van der Waals surface area contributed by atoms with Gasteiger partial charge in [0.2, 0.25) is 0 Å². The molecule has 1 aliphatic rings. The molecule has 0 bridgehead atoms. The van der Waals surface area contributed by atoms with Gasteiger partial charge in [-0.05, 0) is 54.7 Å². The van der Waals surface area contributed by atoms with E-state index >= 15 is 0 Å². The van der Waals surface area contributed by atoms with E-state index in [1.54, 1.807) is 6.08 Å². The van der Waals surface area contributed by atoms with Crippen LogP contribution >= 0.6 is 24.0 Å². The molecule has 0 atom stereocenters. The summed E-state index contributed by atoms with van der Waals surface area (Å²) in [6, 6.07) is 17.2. The number of hydrogen-bond acceptors (Lipinski definition) is 6. The topological polar surface area (TPSA) is 82.5 Å². The van der Waals surface area contributed by atoms with Crippen LogP contribution in [0.1, 0.15) is 16.1 Å². The van der Waals surface area contributed by atoms with E-state index in [4.69, 9.17) is 12.2 Å². The average Bonchev–Trinajstić information content (AvgIpc) is 2.95. The molecule has 8 heteroatoms. The normalized spacial score (nSPS) is 15.4. The minimum atomic E-state index is -0.499. The van der Waals surface area contributed by atoms with E-state index in [1.807, 2.05) is 36.4 Å². The highest BCUT2D eigenvalue weighted by Gasteiger charge is 2.33. The summed E-state index contributed by atoms with van der Waals surface area (Å²) >= 11 is 6.32. The fourth-order valence-corrected chi connectivity index (χ4v) is 3.80. The maximum absolute atomic E-state index is 12.7. The van der Waals surface area contributed by atoms with Crippen molar-refractivity contribution in [3.63, 3.8) is 0 Å². The van der Waals surface area contributed by atoms with Gasteiger partial charge in [0.15, 0.2) is 4.32 Å². The summed E-state index contributed by atoms with van der Waals surface area (Å²) in [5.41, 5.74) is 4.25. The van der Waals surface area contributed by atoms with Crippen molar-refractivity contribution < 1.29 is 14.7 Å². The lowest BCUT2D eigenvalue weighted by atomic mass is 10.2. The summed E-state index contributed by atoms with van der Waals surface area (Å²) in [6.45, 7) is 0. The van der Waals surface area contributed by atoms with Crippen LogP contribution in [0.15, 0.2) is 65.6 Å². The maximum atomic E-state index is 12.7. The Morgan fingerprint density at radius 3 is 2.64 bits per heavy atom. The van der Waals surface area contributed by atoms with Crippen molar-refractivity contribution in [1.82, 2.24) is 15.4 Å². The van der Waals surface area contributed by atoms with E-state index in [2.05, 4.69) is 10.4 Å². The van der Waals surface area contributed by atoms with Crippen molar-refractivity contribution in [3.05, 3.63) is 76.8 Å². The van der Waals surface area contributed by atoms with Crippen LogP contribution in [0.2, 0.25) is 0 Å². The van der Waals surface area contributed by atoms with Crippen molar-refractivity contribution in [2.24, 2.45) is 0 Å². The Morgan fingerprint density at radius 1 is 1.11 bits per heavy atom. The molecule has 1 aromatic heterocycles. The Hall–Kier alpha value is -3.23. The van der Waals surface area contributed by atoms with E-state index in [1.165, 1.54) is 24.3 Å². The molecule has 138 valence electrons. The van der Waals surface area contributed by atoms with Gasteiger partial charge in [-0.15, -0.1) is 0 Å². The fourth-order valence-electron chi connectivity index (χ4n) is 2.64. The minimum absolute atomic E-state index is 0.0491. The highest BCUT2D eigenvalue weighted by molar-refractivity contribution is 8.26. The van der Waals surface area contributed by atoms with Crippen molar-refractivity contribution in [3.8, 4) is 5.75 Å². The van der Waals surface area contributed by atoms with Crippen molar-refractivity contribution in [2.75, 3.05) is 0 Å². The summed E-state index contributed by atoms with van der Waals surface area (Å²) in [7, 11) is 0. The first-order valence-electron chi connectivity index (χ1n) is 8.25. The number of fused-ring (bicyclic) bond motifs is 1. The number of hydrazine groups is 1. The Kier molecular flexibility index (Phi) is 4.81. The third-order valence-electron chi connectivity index (χ3n) is 4.04. The summed E-state index contributed by atoms with van der Waals surface area (Å²) in [6.07, 6.45) is 1.65. The molecule has 2 heterocycles. The van der Waals surface area contributed by atoms with Gasteiger partial charge in [0.05, 0.1) is 16.1 Å². The number of nitrogens with one attached hydrogen (secondary N) is 1. The largest absolute Gasteiger partial charge is 0.508 e. The molecule has 0 saturated carbocycles. The SMILES string of the molecule is O=C(NN1C(=O)C(=Cc2ccc3ccccc3n2)SC1=S)c1ccc(O)cc1. The number of carbonyl (C=O) groups is 2. The van der Waals surface area contributed by atoms with Gasteiger partial charge < -0.3 is 5.11 Å². The van der Waals surface area contributed by atoms with Crippen LogP contribution in [-0.4, -0.2) is 31.2 Å². The molecule has 1 aliphatic heterocycles. The van der Waals surface area contributed by atoms with Crippen LogP contribution in [0.4, 0.5) is 0 Å². The lowest BCUT2D eigenvalue weighted by molar-refractivity contribution is -0.123. The smallest absolute Gasteiger partial charge is 0.285 e. The number of thiocarbonyl (C=S) groups is 1. The first-order chi connectivity index (χ1) is 13.5. The van der Waals surface area contributed by atoms with Crippen molar-refractivity contribution >= 4 is 57.1 Å². The first-order valence-corrected chi connectivity index (χ1v) is 9.47. The molecular formula is C20H13N3O3S2. The molecule has 6 nitrogen and oxygen atoms in total. The highest BCUT2D eigenvalue weighted by Crippen LogP contribution is 2.31. The van der Waals surface area contributed by atoms with Crippen LogP contribution in [0.5, 0.6) is 5.75 Å². The summed E-state index contributed by atoms with van der Waals surface area (Å²) in [4.78, 5) is 29.9. The minimum Gasteiger partial charge on any atom is -0.508 e. The second-order valence-electron chi connectivity index (χ2n) is 5.93. The first kappa shape index (κ1) is 18.1. The Bertz CT molecular complexity index is 1140. The number of pyridine rings is 1. The second-order valence-corrected chi connectivity index (χ2v) is 7.61. The lowest BCUT2D eigenvalue weighted by Gasteiger charge is -2.15. The molecule has 0 radical (unpaired) electrons. The van der Waals surface area contributed by atoms with Crippen LogP contribution in [0.25, 0.3) is 17.0 Å². The van der Waals surface area contributed by atoms with Crippen LogP contribution in [0, 0.1) is 0 Å². The number of amides is 2. The molecule has 0 unspecified atom stereocenters. The molecule has 3 aromatic rings. The number of nitrogens with zero attached hydrogens (tertiary/aromatic N) is 2. The standard InChI is InChI=1S/C20H13N3O3S2/c24-15-9-6-13(7-10-15)18(25)22-23-19(26)17(28-20(23)27)11-14-8-5-12-3-1-2-4-16(12)21-14/h1-11,24H,(H,22,25). The summed E-state index contributed by atoms with van der Waals surface area (Å²) in [5.74, 6) is -0.869. The zero-order valence-electron chi connectivity index (χ0n) is 14.3. The number of carbonyl (C=O) groups excluding carboxylic acids is 2. The van der Waals surface area contributed by atoms with Gasteiger partial charge in [0, 0.05) is 10.9 Å². The van der Waals surface area contributed by atoms with Gasteiger partial charge in [-0.3, -0.25) is 15.0 Å². The number of para-hydroxylation sites is 1. The Labute approximate surface area is 169 Å². The predicted molar refractivity (Wildman–Crippen MR) is 112 cm³/mol. The number of thioether (sulfide) groups is 1. The molecule has 2 amide bonds. The molecule has 0 aliphatic carbocycles. The van der Waals surface area contributed by atoms with Gasteiger partial charge >= 0.3 is 0 Å². The monoisotopic (exact) mass is 407 g/mol. The van der Waals surface area contributed by atoms with Gasteiger partial charge in [0.1, 0.15) is 5.75 Å². The average molecular weight is 407 g/mol. The number of aromatic hydroxyl groups is 1. The molecule has 2 aromatic carbocycles. The number of phenols is 1. The van der Waals surface area contributed by atoms with Gasteiger partial charge in [-0.25, -0.2) is 4.98 Å². The zero-order chi connectivity index (χ0) is 19.7. The molecule has 2 N–H and O–H groups in total. The quantitative estimate of drug-likeness (QED) is 0.511. The third-order valence-corrected chi connectivity index (χ3v) is 5.34. The van der Waals surface area contributed by atoms with Gasteiger partial charge in [-0.1, -0.05) is 36.0 Å². The number of hydrogen-bond donors (Lipinski definition) is 2. The van der Waals surface area contributed by atoms with E-state index < -0.39 is 11.8 Å². The highest BCUT2D eigenvalue weighted by atomic mass is 32.2. The molecule has 1 fully saturated rings. The predicted octanol–water partition coefficient (Wildman–Crippen LogP) is 3.49. The van der Waals surface area contributed by atoms with Crippen LogP contribution < -0.4 is 5.43 Å². The van der Waals surface area contributed by atoms with Crippen LogP contribution in [0.3, 0.4) is 0 Å². The third kappa shape index (κ3) is 3.60. The van der Waals surface area contributed by atoms with E-state index in [0.717, 1.165) is 27.7 Å². The molecular weight excluding hydrogens is 394 g/mol. The Balaban J connectivity index is 1.55. The van der Waals surface area contributed by atoms with E-state index in [9.17, 15) is 14.7 Å². The molecule has 4 rings (SSSR count). The van der Waals surface area contributed by atoms with Crippen LogP contribution in [-0.2, 0) is 4.79 Å². The summed E-state index contributed by atoms with van der Waals surface area (Å²) < 4.78 is 0.226. The number of benzene rings is 2. The second kappa shape index (κ2) is 7.41. The molecule has 0 spiro atoms. The maximum Gasteiger partial charge on any atom is 0.285 e. The fraction of sp³-hybridized carbons (Fsp3) is 0. The molecule has 1 saturated heterocycles. The van der Waals surface area contributed by atoms with Gasteiger partial charge in [0.25, 0.3) is 11.8 Å². The molecule has 28 heavy (non-hydrogen) atoms. The number of rotatable bonds is 3.